The van der Waals surface area contributed by atoms with Crippen molar-refractivity contribution in [3.8, 4) is 11.3 Å². The molecule has 8 heteroatoms. The van der Waals surface area contributed by atoms with E-state index >= 15 is 0 Å². The van der Waals surface area contributed by atoms with Crippen molar-refractivity contribution in [3.05, 3.63) is 87.4 Å². The molecule has 1 N–H and O–H groups in total. The zero-order valence-electron chi connectivity index (χ0n) is 18.7. The van der Waals surface area contributed by atoms with Gasteiger partial charge in [0.15, 0.2) is 0 Å². The minimum Gasteiger partial charge on any atom is -1.00 e. The smallest absolute Gasteiger partial charge is 0.256 e. The molecular weight excluding hydrogens is 524 g/mol. The number of rotatable bonds is 4. The zero-order valence-corrected chi connectivity index (χ0v) is 21.7. The van der Waals surface area contributed by atoms with Crippen LogP contribution >= 0.6 is 34.8 Å². The van der Waals surface area contributed by atoms with Gasteiger partial charge in [-0.15, -0.1) is 0 Å². The van der Waals surface area contributed by atoms with Gasteiger partial charge in [0, 0.05) is 24.0 Å². The number of hydrogen-bond donors (Lipinski definition) is 1. The van der Waals surface area contributed by atoms with E-state index in [1.165, 1.54) is 6.42 Å². The normalized spacial score (nSPS) is 13.4. The van der Waals surface area contributed by atoms with Crippen LogP contribution < -0.4 is 22.6 Å². The molecule has 2 heterocycles. The summed E-state index contributed by atoms with van der Waals surface area (Å²) in [5.74, 6) is -0.208. The zero-order chi connectivity index (χ0) is 23.7. The van der Waals surface area contributed by atoms with Crippen molar-refractivity contribution < 1.29 is 17.2 Å². The van der Waals surface area contributed by atoms with Crippen molar-refractivity contribution in [2.45, 2.75) is 19.3 Å². The van der Waals surface area contributed by atoms with Gasteiger partial charge in [0.2, 0.25) is 0 Å². The molecule has 3 aromatic carbocycles. The fourth-order valence-corrected chi connectivity index (χ4v) is 5.04. The number of anilines is 2. The molecule has 1 aliphatic rings. The van der Waals surface area contributed by atoms with Gasteiger partial charge in [0.1, 0.15) is 0 Å². The summed E-state index contributed by atoms with van der Waals surface area (Å²) in [6.45, 7) is 1.98. The molecule has 0 aliphatic carbocycles. The first-order valence-corrected chi connectivity index (χ1v) is 12.4. The van der Waals surface area contributed by atoms with E-state index in [0.717, 1.165) is 42.7 Å². The van der Waals surface area contributed by atoms with Crippen LogP contribution in [0.3, 0.4) is 0 Å². The molecule has 0 atom stereocenters. The summed E-state index contributed by atoms with van der Waals surface area (Å²) in [6, 6.07) is 20.7. The molecule has 0 saturated carbocycles. The molecule has 0 unspecified atom stereocenters. The van der Waals surface area contributed by atoms with Gasteiger partial charge in [-0.2, -0.15) is 0 Å². The SMILES string of the molecule is O=C(Nc1ccccc1N1CCCCC1)c1cc(-c2ccc(Cl)c(Cl)c2Cl)nc2ccccc12.[Cl-]. The van der Waals surface area contributed by atoms with Crippen LogP contribution in [0, 0.1) is 0 Å². The van der Waals surface area contributed by atoms with E-state index in [1.54, 1.807) is 18.2 Å². The fraction of sp³-hybridized carbons (Fsp3) is 0.185. The number of piperidine rings is 1. The minimum absolute atomic E-state index is 0. The molecule has 35 heavy (non-hydrogen) atoms. The van der Waals surface area contributed by atoms with Gasteiger partial charge >= 0.3 is 0 Å². The summed E-state index contributed by atoms with van der Waals surface area (Å²) < 4.78 is 0. The summed E-state index contributed by atoms with van der Waals surface area (Å²) >= 11 is 18.9. The maximum atomic E-state index is 13.6. The third-order valence-corrected chi connectivity index (χ3v) is 7.41. The van der Waals surface area contributed by atoms with Crippen LogP contribution in [0.5, 0.6) is 0 Å². The Labute approximate surface area is 225 Å². The third kappa shape index (κ3) is 5.22. The third-order valence-electron chi connectivity index (χ3n) is 6.12. The van der Waals surface area contributed by atoms with Crippen LogP contribution in [-0.4, -0.2) is 24.0 Å². The van der Waals surface area contributed by atoms with Crippen molar-refractivity contribution in [2.75, 3.05) is 23.3 Å². The number of halogens is 4. The summed E-state index contributed by atoms with van der Waals surface area (Å²) in [6.07, 6.45) is 3.56. The lowest BCUT2D eigenvalue weighted by molar-refractivity contribution is -0.0000140. The second kappa shape index (κ2) is 11.0. The molecular formula is C27H22Cl4N3O-. The molecule has 0 radical (unpaired) electrons. The number of benzene rings is 3. The van der Waals surface area contributed by atoms with E-state index in [2.05, 4.69) is 16.3 Å². The highest BCUT2D eigenvalue weighted by molar-refractivity contribution is 6.49. The lowest BCUT2D eigenvalue weighted by atomic mass is 10.0. The van der Waals surface area contributed by atoms with Crippen LogP contribution in [0.4, 0.5) is 11.4 Å². The minimum atomic E-state index is -0.208. The number of para-hydroxylation sites is 3. The Bertz CT molecular complexity index is 1390. The van der Waals surface area contributed by atoms with Gasteiger partial charge in [-0.05, 0) is 55.7 Å². The van der Waals surface area contributed by atoms with Crippen LogP contribution in [0.25, 0.3) is 22.2 Å². The number of hydrogen-bond acceptors (Lipinski definition) is 3. The van der Waals surface area contributed by atoms with Crippen molar-refractivity contribution in [2.24, 2.45) is 0 Å². The highest BCUT2D eigenvalue weighted by Crippen LogP contribution is 2.38. The van der Waals surface area contributed by atoms with Gasteiger partial charge in [-0.3, -0.25) is 4.79 Å². The Morgan fingerprint density at radius 3 is 2.37 bits per heavy atom. The molecule has 0 bridgehead atoms. The monoisotopic (exact) mass is 544 g/mol. The first-order valence-electron chi connectivity index (χ1n) is 11.2. The number of carbonyl (C=O) groups is 1. The summed E-state index contributed by atoms with van der Waals surface area (Å²) in [5, 5.41) is 4.83. The lowest BCUT2D eigenvalue weighted by Crippen LogP contribution is -3.00. The number of nitrogens with zero attached hydrogens (tertiary/aromatic N) is 2. The molecule has 4 nitrogen and oxygen atoms in total. The van der Waals surface area contributed by atoms with Gasteiger partial charge < -0.3 is 22.6 Å². The Morgan fingerprint density at radius 2 is 1.57 bits per heavy atom. The number of carbonyl (C=O) groups excluding carboxylic acids is 1. The summed E-state index contributed by atoms with van der Waals surface area (Å²) in [7, 11) is 0. The molecule has 1 aliphatic heterocycles. The second-order valence-corrected chi connectivity index (χ2v) is 9.48. The second-order valence-electron chi connectivity index (χ2n) is 8.31. The van der Waals surface area contributed by atoms with E-state index in [-0.39, 0.29) is 23.3 Å². The van der Waals surface area contributed by atoms with Crippen LogP contribution in [0.2, 0.25) is 15.1 Å². The Morgan fingerprint density at radius 1 is 0.857 bits per heavy atom. The van der Waals surface area contributed by atoms with E-state index in [9.17, 15) is 4.79 Å². The molecule has 1 fully saturated rings. The van der Waals surface area contributed by atoms with Crippen molar-refractivity contribution in [1.82, 2.24) is 4.98 Å². The van der Waals surface area contributed by atoms with Crippen LogP contribution in [-0.2, 0) is 0 Å². The topological polar surface area (TPSA) is 45.2 Å². The van der Waals surface area contributed by atoms with Crippen LogP contribution in [0.15, 0.2) is 66.7 Å². The summed E-state index contributed by atoms with van der Waals surface area (Å²) in [5.41, 5.74) is 4.21. The molecule has 1 saturated heterocycles. The summed E-state index contributed by atoms with van der Waals surface area (Å²) in [4.78, 5) is 20.7. The van der Waals surface area contributed by atoms with E-state index < -0.39 is 0 Å². The number of pyridine rings is 1. The maximum absolute atomic E-state index is 13.6. The van der Waals surface area contributed by atoms with E-state index in [1.807, 2.05) is 42.5 Å². The highest BCUT2D eigenvalue weighted by atomic mass is 35.5. The number of aromatic nitrogens is 1. The Hall–Kier alpha value is -2.50. The molecule has 0 spiro atoms. The predicted molar refractivity (Wildman–Crippen MR) is 143 cm³/mol. The van der Waals surface area contributed by atoms with Gasteiger partial charge in [0.05, 0.1) is 43.2 Å². The molecule has 1 amide bonds. The van der Waals surface area contributed by atoms with Crippen LogP contribution in [0.1, 0.15) is 29.6 Å². The standard InChI is InChI=1S/C27H22Cl3N3O.ClH/c28-20-13-12-18(25(29)26(20)30)23-16-19(17-8-2-3-9-21(17)31-23)27(34)32-22-10-4-5-11-24(22)33-14-6-1-7-15-33;/h2-5,8-13,16H,1,6-7,14-15H2,(H,32,34);1H/p-1. The Kier molecular flexibility index (Phi) is 8.08. The van der Waals surface area contributed by atoms with Crippen molar-refractivity contribution in [3.63, 3.8) is 0 Å². The predicted octanol–water partition coefficient (Wildman–Crippen LogP) is 5.11. The van der Waals surface area contributed by atoms with Gasteiger partial charge in [0.25, 0.3) is 5.91 Å². The molecule has 180 valence electrons. The number of fused-ring (bicyclic) bond motifs is 1. The van der Waals surface area contributed by atoms with Crippen molar-refractivity contribution >= 4 is 63.0 Å². The van der Waals surface area contributed by atoms with E-state index in [4.69, 9.17) is 39.8 Å². The van der Waals surface area contributed by atoms with E-state index in [0.29, 0.717) is 32.4 Å². The average molecular weight is 546 g/mol. The first-order chi connectivity index (χ1) is 16.5. The largest absolute Gasteiger partial charge is 1.00 e. The quantitative estimate of drug-likeness (QED) is 0.362. The first kappa shape index (κ1) is 25.6. The molecule has 4 aromatic rings. The highest BCUT2D eigenvalue weighted by Gasteiger charge is 2.20. The maximum Gasteiger partial charge on any atom is 0.256 e. The fourth-order valence-electron chi connectivity index (χ4n) is 4.40. The number of nitrogens with one attached hydrogen (secondary N) is 1. The van der Waals surface area contributed by atoms with Gasteiger partial charge in [-0.25, -0.2) is 4.98 Å². The Balaban J connectivity index is 0.00000289. The molecule has 5 rings (SSSR count). The lowest BCUT2D eigenvalue weighted by Gasteiger charge is -2.30. The average Bonchev–Trinajstić information content (AvgIpc) is 2.87. The van der Waals surface area contributed by atoms with Crippen molar-refractivity contribution in [1.29, 1.82) is 0 Å². The number of amides is 1. The van der Waals surface area contributed by atoms with Gasteiger partial charge in [-0.1, -0.05) is 65.1 Å². The molecule has 1 aromatic heterocycles.